The first kappa shape index (κ1) is 9.89. The van der Waals surface area contributed by atoms with Gasteiger partial charge in [-0.05, 0) is 11.8 Å². The van der Waals surface area contributed by atoms with E-state index in [4.69, 9.17) is 5.73 Å². The van der Waals surface area contributed by atoms with Gasteiger partial charge in [-0.1, -0.05) is 11.8 Å². The van der Waals surface area contributed by atoms with Gasteiger partial charge in [-0.15, -0.1) is 12.4 Å². The third-order valence-corrected chi connectivity index (χ3v) is 2.82. The summed E-state index contributed by atoms with van der Waals surface area (Å²) >= 11 is 1.69. The summed E-state index contributed by atoms with van der Waals surface area (Å²) in [6.45, 7) is 2.70. The smallest absolute Gasteiger partial charge is 0.167 e. The van der Waals surface area contributed by atoms with Crippen molar-refractivity contribution in [1.82, 2.24) is 4.90 Å². The van der Waals surface area contributed by atoms with Gasteiger partial charge < -0.3 is 10.6 Å². The minimum atomic E-state index is 0. The van der Waals surface area contributed by atoms with Crippen LogP contribution < -0.4 is 5.73 Å². The standard InChI is InChI=1S/C7H11N3S.ClH/c8-4-6-5-11-7-9-2-1-3-10(6)7;/h5H,1-4,8H2;1H. The number of nitrogens with two attached hydrogens (primary N) is 1. The van der Waals surface area contributed by atoms with Gasteiger partial charge in [0.15, 0.2) is 5.17 Å². The summed E-state index contributed by atoms with van der Waals surface area (Å²) in [5, 5.41) is 3.24. The molecule has 12 heavy (non-hydrogen) atoms. The fourth-order valence-corrected chi connectivity index (χ4v) is 2.26. The van der Waals surface area contributed by atoms with E-state index in [1.807, 2.05) is 0 Å². The molecule has 0 radical (unpaired) electrons. The van der Waals surface area contributed by atoms with Crippen LogP contribution in [0.25, 0.3) is 0 Å². The highest BCUT2D eigenvalue weighted by Crippen LogP contribution is 2.27. The number of amidine groups is 1. The van der Waals surface area contributed by atoms with Crippen molar-refractivity contribution in [1.29, 1.82) is 0 Å². The molecule has 2 N–H and O–H groups in total. The third kappa shape index (κ3) is 1.60. The molecule has 0 aromatic heterocycles. The molecule has 0 aromatic rings. The molecule has 68 valence electrons. The van der Waals surface area contributed by atoms with E-state index in [9.17, 15) is 0 Å². The number of aliphatic imine (C=N–C) groups is 1. The molecule has 0 saturated heterocycles. The SMILES string of the molecule is Cl.NCC1=CSC2=NCCCN12. The molecule has 2 aliphatic heterocycles. The number of nitrogens with zero attached hydrogens (tertiary/aromatic N) is 2. The highest BCUT2D eigenvalue weighted by atomic mass is 35.5. The predicted octanol–water partition coefficient (Wildman–Crippen LogP) is 1.02. The Kier molecular flexibility index (Phi) is 3.43. The van der Waals surface area contributed by atoms with Gasteiger partial charge in [0, 0.05) is 25.3 Å². The first-order valence-corrected chi connectivity index (χ1v) is 4.67. The average molecular weight is 206 g/mol. The summed E-state index contributed by atoms with van der Waals surface area (Å²) < 4.78 is 0. The van der Waals surface area contributed by atoms with Crippen molar-refractivity contribution < 1.29 is 0 Å². The van der Waals surface area contributed by atoms with E-state index in [1.165, 1.54) is 5.70 Å². The van der Waals surface area contributed by atoms with Crippen molar-refractivity contribution in [2.75, 3.05) is 19.6 Å². The fraction of sp³-hybridized carbons (Fsp3) is 0.571. The van der Waals surface area contributed by atoms with Crippen LogP contribution in [0.3, 0.4) is 0 Å². The summed E-state index contributed by atoms with van der Waals surface area (Å²) in [4.78, 5) is 6.60. The van der Waals surface area contributed by atoms with Crippen LogP contribution in [-0.4, -0.2) is 29.7 Å². The second-order valence-corrected chi connectivity index (χ2v) is 3.44. The van der Waals surface area contributed by atoms with E-state index in [0.29, 0.717) is 6.54 Å². The molecule has 0 atom stereocenters. The Hall–Kier alpha value is -0.190. The second-order valence-electron chi connectivity index (χ2n) is 2.60. The second kappa shape index (κ2) is 4.16. The number of halogens is 1. The van der Waals surface area contributed by atoms with Crippen molar-refractivity contribution >= 4 is 29.3 Å². The molecule has 5 heteroatoms. The fourth-order valence-electron chi connectivity index (χ4n) is 1.29. The van der Waals surface area contributed by atoms with Crippen LogP contribution in [0.5, 0.6) is 0 Å². The van der Waals surface area contributed by atoms with Gasteiger partial charge >= 0.3 is 0 Å². The van der Waals surface area contributed by atoms with E-state index in [1.54, 1.807) is 11.8 Å². The molecule has 0 bridgehead atoms. The van der Waals surface area contributed by atoms with Crippen LogP contribution >= 0.6 is 24.2 Å². The highest BCUT2D eigenvalue weighted by molar-refractivity contribution is 8.16. The lowest BCUT2D eigenvalue weighted by molar-refractivity contribution is 0.481. The zero-order valence-electron chi connectivity index (χ0n) is 6.69. The van der Waals surface area contributed by atoms with Crippen molar-refractivity contribution in [3.05, 3.63) is 11.1 Å². The molecule has 0 fully saturated rings. The van der Waals surface area contributed by atoms with E-state index in [-0.39, 0.29) is 12.4 Å². The maximum Gasteiger partial charge on any atom is 0.167 e. The number of hydrogen-bond donors (Lipinski definition) is 1. The Morgan fingerprint density at radius 3 is 3.25 bits per heavy atom. The molecule has 0 aliphatic carbocycles. The van der Waals surface area contributed by atoms with Crippen LogP contribution in [0.2, 0.25) is 0 Å². The lowest BCUT2D eigenvalue weighted by atomic mass is 10.3. The first-order valence-electron chi connectivity index (χ1n) is 3.79. The largest absolute Gasteiger partial charge is 0.325 e. The highest BCUT2D eigenvalue weighted by Gasteiger charge is 2.23. The van der Waals surface area contributed by atoms with E-state index in [2.05, 4.69) is 15.3 Å². The minimum absolute atomic E-state index is 0. The van der Waals surface area contributed by atoms with E-state index < -0.39 is 0 Å². The van der Waals surface area contributed by atoms with Gasteiger partial charge in [0.05, 0.1) is 0 Å². The molecule has 0 spiro atoms. The van der Waals surface area contributed by atoms with Crippen molar-refractivity contribution in [3.63, 3.8) is 0 Å². The number of rotatable bonds is 1. The summed E-state index contributed by atoms with van der Waals surface area (Å²) in [5.74, 6) is 0. The quantitative estimate of drug-likeness (QED) is 0.695. The van der Waals surface area contributed by atoms with Crippen molar-refractivity contribution in [2.45, 2.75) is 6.42 Å². The van der Waals surface area contributed by atoms with E-state index >= 15 is 0 Å². The van der Waals surface area contributed by atoms with Gasteiger partial charge in [-0.2, -0.15) is 0 Å². The van der Waals surface area contributed by atoms with Crippen LogP contribution in [0.15, 0.2) is 16.1 Å². The molecule has 0 aromatic carbocycles. The summed E-state index contributed by atoms with van der Waals surface area (Å²) in [7, 11) is 0. The lowest BCUT2D eigenvalue weighted by Gasteiger charge is -2.24. The maximum absolute atomic E-state index is 5.56. The monoisotopic (exact) mass is 205 g/mol. The minimum Gasteiger partial charge on any atom is -0.325 e. The van der Waals surface area contributed by atoms with Gasteiger partial charge in [-0.25, -0.2) is 0 Å². The van der Waals surface area contributed by atoms with Gasteiger partial charge in [0.2, 0.25) is 0 Å². The van der Waals surface area contributed by atoms with Crippen molar-refractivity contribution in [2.24, 2.45) is 10.7 Å². The Morgan fingerprint density at radius 2 is 2.50 bits per heavy atom. The number of fused-ring (bicyclic) bond motifs is 1. The molecule has 3 nitrogen and oxygen atoms in total. The van der Waals surface area contributed by atoms with Gasteiger partial charge in [-0.3, -0.25) is 4.99 Å². The summed E-state index contributed by atoms with van der Waals surface area (Å²) in [6.07, 6.45) is 1.15. The number of hydrogen-bond acceptors (Lipinski definition) is 4. The average Bonchev–Trinajstić information content (AvgIpc) is 2.47. The Balaban J connectivity index is 0.000000720. The Morgan fingerprint density at radius 1 is 1.67 bits per heavy atom. The maximum atomic E-state index is 5.56. The predicted molar refractivity (Wildman–Crippen MR) is 55.6 cm³/mol. The van der Waals surface area contributed by atoms with Crippen LogP contribution in [-0.2, 0) is 0 Å². The van der Waals surface area contributed by atoms with Crippen LogP contribution in [0.1, 0.15) is 6.42 Å². The topological polar surface area (TPSA) is 41.6 Å². The van der Waals surface area contributed by atoms with Crippen LogP contribution in [0.4, 0.5) is 0 Å². The zero-order chi connectivity index (χ0) is 7.68. The molecule has 0 amide bonds. The lowest BCUT2D eigenvalue weighted by Crippen LogP contribution is -2.32. The molecule has 0 saturated carbocycles. The molecular formula is C7H12ClN3S. The first-order chi connectivity index (χ1) is 5.42. The molecule has 0 unspecified atom stereocenters. The Bertz CT molecular complexity index is 227. The molecule has 2 heterocycles. The van der Waals surface area contributed by atoms with Gasteiger partial charge in [0.25, 0.3) is 0 Å². The van der Waals surface area contributed by atoms with Gasteiger partial charge in [0.1, 0.15) is 0 Å². The van der Waals surface area contributed by atoms with Crippen LogP contribution in [0, 0.1) is 0 Å². The molecule has 2 aliphatic rings. The number of thioether (sulfide) groups is 1. The molecular weight excluding hydrogens is 194 g/mol. The molecule has 2 rings (SSSR count). The van der Waals surface area contributed by atoms with Crippen molar-refractivity contribution in [3.8, 4) is 0 Å². The van der Waals surface area contributed by atoms with E-state index in [0.717, 1.165) is 24.7 Å². The third-order valence-electron chi connectivity index (χ3n) is 1.87. The Labute approximate surface area is 82.5 Å². The zero-order valence-corrected chi connectivity index (χ0v) is 8.33. The summed E-state index contributed by atoms with van der Waals surface area (Å²) in [6, 6.07) is 0. The summed E-state index contributed by atoms with van der Waals surface area (Å²) in [5.41, 5.74) is 6.78. The normalized spacial score (nSPS) is 20.9.